The van der Waals surface area contributed by atoms with Crippen molar-refractivity contribution in [3.63, 3.8) is 0 Å². The van der Waals surface area contributed by atoms with E-state index in [0.29, 0.717) is 12.6 Å². The number of benzene rings is 1. The van der Waals surface area contributed by atoms with Gasteiger partial charge in [0.2, 0.25) is 0 Å². The quantitative estimate of drug-likeness (QED) is 0.577. The average molecular weight is 456 g/mol. The molecule has 5 N–H and O–H groups in total. The first-order valence-electron chi connectivity index (χ1n) is 12.2. The highest BCUT2D eigenvalue weighted by atomic mass is 32.1. The van der Waals surface area contributed by atoms with Crippen molar-refractivity contribution in [2.24, 2.45) is 11.5 Å². The van der Waals surface area contributed by atoms with Gasteiger partial charge >= 0.3 is 0 Å². The van der Waals surface area contributed by atoms with Crippen LogP contribution in [0.5, 0.6) is 0 Å². The van der Waals surface area contributed by atoms with Crippen molar-refractivity contribution in [1.82, 2.24) is 10.3 Å². The van der Waals surface area contributed by atoms with E-state index in [1.165, 1.54) is 29.5 Å². The third kappa shape index (κ3) is 5.04. The number of rotatable bonds is 7. The van der Waals surface area contributed by atoms with E-state index in [-0.39, 0.29) is 16.9 Å². The van der Waals surface area contributed by atoms with Crippen molar-refractivity contribution in [2.45, 2.75) is 82.7 Å². The summed E-state index contributed by atoms with van der Waals surface area (Å²) in [6.45, 7) is 13.1. The van der Waals surface area contributed by atoms with Gasteiger partial charge in [0.25, 0.3) is 0 Å². The van der Waals surface area contributed by atoms with Crippen molar-refractivity contribution in [1.29, 1.82) is 0 Å². The molecule has 1 unspecified atom stereocenters. The number of nitrogens with zero attached hydrogens (tertiary/aromatic N) is 2. The second kappa shape index (κ2) is 9.41. The molecule has 1 saturated heterocycles. The van der Waals surface area contributed by atoms with E-state index in [9.17, 15) is 0 Å². The molecule has 1 aliphatic carbocycles. The summed E-state index contributed by atoms with van der Waals surface area (Å²) in [5, 5.41) is 7.01. The lowest BCUT2D eigenvalue weighted by atomic mass is 9.63. The predicted molar refractivity (Wildman–Crippen MR) is 138 cm³/mol. The summed E-state index contributed by atoms with van der Waals surface area (Å²) >= 11 is 1.77. The molecule has 1 fully saturated rings. The molecule has 0 saturated carbocycles. The Morgan fingerprint density at radius 1 is 1.12 bits per heavy atom. The molecule has 176 valence electrons. The van der Waals surface area contributed by atoms with Crippen LogP contribution in [0, 0.1) is 0 Å². The van der Waals surface area contributed by atoms with Crippen LogP contribution < -0.4 is 21.7 Å². The van der Waals surface area contributed by atoms with Crippen LogP contribution in [0.3, 0.4) is 0 Å². The highest BCUT2D eigenvalue weighted by Crippen LogP contribution is 2.47. The fraction of sp³-hybridized carbons (Fsp3) is 0.654. The van der Waals surface area contributed by atoms with Gasteiger partial charge in [-0.3, -0.25) is 0 Å². The van der Waals surface area contributed by atoms with Gasteiger partial charge in [0.05, 0.1) is 5.69 Å². The monoisotopic (exact) mass is 455 g/mol. The molecular weight excluding hydrogens is 414 g/mol. The number of anilines is 1. The molecular formula is C26H41N5S. The van der Waals surface area contributed by atoms with E-state index < -0.39 is 0 Å². The van der Waals surface area contributed by atoms with Crippen LogP contribution >= 0.6 is 11.3 Å². The Labute approximate surface area is 198 Å². The topological polar surface area (TPSA) is 80.2 Å². The van der Waals surface area contributed by atoms with Crippen LogP contribution in [0.2, 0.25) is 0 Å². The molecule has 2 aromatic rings. The molecule has 1 aromatic carbocycles. The summed E-state index contributed by atoms with van der Waals surface area (Å²) < 4.78 is 0. The lowest BCUT2D eigenvalue weighted by Crippen LogP contribution is -2.46. The Hall–Kier alpha value is -1.47. The second-order valence-electron chi connectivity index (χ2n) is 11.1. The highest BCUT2D eigenvalue weighted by Gasteiger charge is 2.37. The van der Waals surface area contributed by atoms with Crippen molar-refractivity contribution < 1.29 is 0 Å². The van der Waals surface area contributed by atoms with Crippen LogP contribution in [0.15, 0.2) is 23.6 Å². The number of thiazole rings is 1. The lowest BCUT2D eigenvalue weighted by Gasteiger charge is -2.42. The maximum Gasteiger partial charge on any atom is 0.185 e. The maximum absolute atomic E-state index is 6.09. The molecule has 32 heavy (non-hydrogen) atoms. The highest BCUT2D eigenvalue weighted by molar-refractivity contribution is 7.14. The minimum Gasteiger partial charge on any atom is -0.348 e. The van der Waals surface area contributed by atoms with E-state index in [4.69, 9.17) is 16.5 Å². The van der Waals surface area contributed by atoms with E-state index in [1.807, 2.05) is 0 Å². The molecule has 2 aliphatic rings. The van der Waals surface area contributed by atoms with Gasteiger partial charge < -0.3 is 21.7 Å². The number of hydrogen-bond donors (Lipinski definition) is 3. The van der Waals surface area contributed by atoms with Gasteiger partial charge in [-0.05, 0) is 66.7 Å². The molecule has 2 heterocycles. The van der Waals surface area contributed by atoms with Crippen LogP contribution in [-0.4, -0.2) is 43.2 Å². The van der Waals surface area contributed by atoms with Gasteiger partial charge in [-0.25, -0.2) is 4.98 Å². The molecule has 0 bridgehead atoms. The standard InChI is InChI=1S/C26H41N5S/c1-25(2)10-11-26(3,4)22-15-18(5-6-21(22)25)23-17-32-24(30-23)31-13-8-20(9-14-31)29-16-19(28)7-12-27/h5-6,15,17,19-20,29H,7-14,16,27-28H2,1-4H3. The Morgan fingerprint density at radius 2 is 1.81 bits per heavy atom. The summed E-state index contributed by atoms with van der Waals surface area (Å²) in [5.74, 6) is 0. The maximum atomic E-state index is 6.09. The molecule has 1 aliphatic heterocycles. The summed E-state index contributed by atoms with van der Waals surface area (Å²) in [6.07, 6.45) is 5.62. The zero-order valence-electron chi connectivity index (χ0n) is 20.3. The van der Waals surface area contributed by atoms with Crippen LogP contribution in [0.1, 0.15) is 70.9 Å². The average Bonchev–Trinajstić information content (AvgIpc) is 3.26. The van der Waals surface area contributed by atoms with E-state index in [0.717, 1.165) is 49.7 Å². The molecule has 0 radical (unpaired) electrons. The summed E-state index contributed by atoms with van der Waals surface area (Å²) in [4.78, 5) is 7.49. The Balaban J connectivity index is 1.42. The lowest BCUT2D eigenvalue weighted by molar-refractivity contribution is 0.332. The Kier molecular flexibility index (Phi) is 6.97. The minimum atomic E-state index is 0.159. The zero-order chi connectivity index (χ0) is 22.9. The largest absolute Gasteiger partial charge is 0.348 e. The van der Waals surface area contributed by atoms with Crippen LogP contribution in [-0.2, 0) is 10.8 Å². The van der Waals surface area contributed by atoms with Crippen LogP contribution in [0.4, 0.5) is 5.13 Å². The first kappa shape index (κ1) is 23.7. The van der Waals surface area contributed by atoms with Gasteiger partial charge in [-0.15, -0.1) is 11.3 Å². The van der Waals surface area contributed by atoms with Gasteiger partial charge in [0.1, 0.15) is 0 Å². The predicted octanol–water partition coefficient (Wildman–Crippen LogP) is 4.39. The summed E-state index contributed by atoms with van der Waals surface area (Å²) in [7, 11) is 0. The molecule has 1 atom stereocenters. The smallest absolute Gasteiger partial charge is 0.185 e. The molecule has 5 nitrogen and oxygen atoms in total. The molecule has 6 heteroatoms. The summed E-state index contributed by atoms with van der Waals surface area (Å²) in [5.41, 5.74) is 17.5. The number of aromatic nitrogens is 1. The number of piperidine rings is 1. The van der Waals surface area contributed by atoms with Gasteiger partial charge in [-0.1, -0.05) is 39.8 Å². The molecule has 0 spiro atoms. The number of fused-ring (bicyclic) bond motifs is 1. The number of nitrogens with one attached hydrogen (secondary N) is 1. The van der Waals surface area contributed by atoms with Gasteiger partial charge in [0.15, 0.2) is 5.13 Å². The van der Waals surface area contributed by atoms with Gasteiger partial charge in [0, 0.05) is 42.7 Å². The number of hydrogen-bond acceptors (Lipinski definition) is 6. The normalized spacial score (nSPS) is 21.4. The molecule has 0 amide bonds. The van der Waals surface area contributed by atoms with Crippen molar-refractivity contribution in [2.75, 3.05) is 31.1 Å². The molecule has 4 rings (SSSR count). The first-order valence-corrected chi connectivity index (χ1v) is 13.1. The van der Waals surface area contributed by atoms with Crippen molar-refractivity contribution in [3.8, 4) is 11.3 Å². The zero-order valence-corrected chi connectivity index (χ0v) is 21.1. The third-order valence-corrected chi connectivity index (χ3v) is 8.51. The Bertz CT molecular complexity index is 911. The Morgan fingerprint density at radius 3 is 2.50 bits per heavy atom. The van der Waals surface area contributed by atoms with Gasteiger partial charge in [-0.2, -0.15) is 0 Å². The second-order valence-corrected chi connectivity index (χ2v) is 11.9. The SMILES string of the molecule is CC1(C)CCC(C)(C)c2cc(-c3csc(N4CCC(NCC(N)CCN)CC4)n3)ccc21. The fourth-order valence-corrected chi connectivity index (χ4v) is 6.09. The summed E-state index contributed by atoms with van der Waals surface area (Å²) in [6, 6.07) is 7.75. The number of nitrogens with two attached hydrogens (primary N) is 2. The van der Waals surface area contributed by atoms with Crippen LogP contribution in [0.25, 0.3) is 11.3 Å². The molecule has 1 aromatic heterocycles. The third-order valence-electron chi connectivity index (χ3n) is 7.61. The van der Waals surface area contributed by atoms with Crippen molar-refractivity contribution >= 4 is 16.5 Å². The minimum absolute atomic E-state index is 0.159. The fourth-order valence-electron chi connectivity index (χ4n) is 5.20. The van der Waals surface area contributed by atoms with Crippen molar-refractivity contribution in [3.05, 3.63) is 34.7 Å². The van der Waals surface area contributed by atoms with E-state index in [2.05, 4.69) is 61.5 Å². The first-order chi connectivity index (χ1) is 15.2. The van der Waals surface area contributed by atoms with E-state index >= 15 is 0 Å². The van der Waals surface area contributed by atoms with E-state index in [1.54, 1.807) is 11.3 Å².